The van der Waals surface area contributed by atoms with Crippen molar-refractivity contribution < 1.29 is 9.53 Å². The Kier molecular flexibility index (Phi) is 7.64. The van der Waals surface area contributed by atoms with Crippen LogP contribution in [0.3, 0.4) is 0 Å². The zero-order valence-electron chi connectivity index (χ0n) is 18.8. The van der Waals surface area contributed by atoms with Crippen LogP contribution in [0.2, 0.25) is 0 Å². The Morgan fingerprint density at radius 2 is 1.12 bits per heavy atom. The van der Waals surface area contributed by atoms with Crippen LogP contribution in [0.1, 0.15) is 12.5 Å². The number of benzene rings is 4. The van der Waals surface area contributed by atoms with E-state index in [1.165, 1.54) is 18.6 Å². The molecule has 0 spiro atoms. The number of carbonyl (C=O) groups is 1. The van der Waals surface area contributed by atoms with Crippen LogP contribution in [0.15, 0.2) is 120 Å². The Bertz CT molecular complexity index is 1150. The quantitative estimate of drug-likeness (QED) is 0.206. The number of ether oxygens (including phenoxy) is 1. The summed E-state index contributed by atoms with van der Waals surface area (Å²) >= 11 is -1.89. The maximum absolute atomic E-state index is 13.7. The summed E-state index contributed by atoms with van der Waals surface area (Å²) in [6.07, 6.45) is 0. The SMILES string of the molecule is CCOC(=O)C(Sc1ccc(C)cc1)=[As](c1ccccc1)(c1ccccc1)c1ccccc1. The summed E-state index contributed by atoms with van der Waals surface area (Å²) in [6.45, 7) is 4.28. The van der Waals surface area contributed by atoms with E-state index < -0.39 is 13.1 Å². The summed E-state index contributed by atoms with van der Waals surface area (Å²) < 4.78 is 10.1. The number of hydrogen-bond donors (Lipinski definition) is 0. The fraction of sp³-hybridized carbons (Fsp3) is 0.103. The van der Waals surface area contributed by atoms with Crippen molar-refractivity contribution in [3.05, 3.63) is 121 Å². The molecular formula is C29H27AsO2S. The summed E-state index contributed by atoms with van der Waals surface area (Å²) in [6, 6.07) is 39.8. The van der Waals surface area contributed by atoms with Gasteiger partial charge in [-0.05, 0) is 0 Å². The van der Waals surface area contributed by atoms with Crippen molar-refractivity contribution in [3.8, 4) is 0 Å². The molecule has 0 heterocycles. The number of thioether (sulfide) groups is 1. The van der Waals surface area contributed by atoms with Crippen molar-refractivity contribution in [2.24, 2.45) is 0 Å². The van der Waals surface area contributed by atoms with E-state index in [0.29, 0.717) is 6.61 Å². The number of esters is 1. The molecule has 166 valence electrons. The number of aryl methyl sites for hydroxylation is 1. The average molecular weight is 515 g/mol. The van der Waals surface area contributed by atoms with Gasteiger partial charge in [0.1, 0.15) is 0 Å². The zero-order valence-corrected chi connectivity index (χ0v) is 21.5. The van der Waals surface area contributed by atoms with E-state index in [1.807, 2.05) is 25.1 Å². The first-order chi connectivity index (χ1) is 16.2. The van der Waals surface area contributed by atoms with Crippen LogP contribution in [-0.2, 0) is 9.53 Å². The molecule has 4 heteroatoms. The summed E-state index contributed by atoms with van der Waals surface area (Å²) in [5, 5.41) is 0. The van der Waals surface area contributed by atoms with Crippen molar-refractivity contribution in [2.45, 2.75) is 18.7 Å². The van der Waals surface area contributed by atoms with Crippen molar-refractivity contribution in [3.63, 3.8) is 0 Å². The van der Waals surface area contributed by atoms with Gasteiger partial charge in [-0.25, -0.2) is 0 Å². The second-order valence-electron chi connectivity index (χ2n) is 7.62. The molecule has 0 saturated carbocycles. The Morgan fingerprint density at radius 1 is 0.697 bits per heavy atom. The van der Waals surface area contributed by atoms with Crippen molar-refractivity contribution in [1.82, 2.24) is 0 Å². The van der Waals surface area contributed by atoms with Gasteiger partial charge in [0.25, 0.3) is 0 Å². The predicted molar refractivity (Wildman–Crippen MR) is 143 cm³/mol. The monoisotopic (exact) mass is 514 g/mol. The molecule has 0 aromatic heterocycles. The molecule has 0 amide bonds. The van der Waals surface area contributed by atoms with Gasteiger partial charge in [-0.1, -0.05) is 0 Å². The van der Waals surface area contributed by atoms with Crippen LogP contribution >= 0.6 is 11.8 Å². The molecule has 0 aliphatic rings. The third-order valence-corrected chi connectivity index (χ3v) is 16.7. The van der Waals surface area contributed by atoms with E-state index in [2.05, 4.69) is 104 Å². The molecule has 0 bridgehead atoms. The summed E-state index contributed by atoms with van der Waals surface area (Å²) in [5.74, 6) is -0.230. The third-order valence-electron chi connectivity index (χ3n) is 5.42. The molecule has 4 rings (SSSR count). The second-order valence-corrected chi connectivity index (χ2v) is 16.4. The number of hydrogen-bond acceptors (Lipinski definition) is 3. The van der Waals surface area contributed by atoms with Crippen molar-refractivity contribution in [1.29, 1.82) is 0 Å². The van der Waals surface area contributed by atoms with E-state index in [-0.39, 0.29) is 5.97 Å². The topological polar surface area (TPSA) is 26.3 Å². The van der Waals surface area contributed by atoms with Gasteiger partial charge < -0.3 is 0 Å². The van der Waals surface area contributed by atoms with Crippen LogP contribution < -0.4 is 13.1 Å². The minimum absolute atomic E-state index is 0.230. The predicted octanol–water partition coefficient (Wildman–Crippen LogP) is 4.53. The number of carbonyl (C=O) groups excluding carboxylic acids is 1. The zero-order chi connectivity index (χ0) is 23.1. The van der Waals surface area contributed by atoms with Crippen LogP contribution in [0, 0.1) is 6.92 Å². The van der Waals surface area contributed by atoms with Gasteiger partial charge in [0.05, 0.1) is 0 Å². The van der Waals surface area contributed by atoms with Crippen molar-refractivity contribution >= 4 is 47.5 Å². The second kappa shape index (κ2) is 10.8. The van der Waals surface area contributed by atoms with Crippen LogP contribution in [0.25, 0.3) is 0 Å². The molecule has 0 N–H and O–H groups in total. The van der Waals surface area contributed by atoms with Gasteiger partial charge in [0.15, 0.2) is 0 Å². The van der Waals surface area contributed by atoms with E-state index in [4.69, 9.17) is 4.74 Å². The molecule has 33 heavy (non-hydrogen) atoms. The molecule has 0 unspecified atom stereocenters. The minimum atomic E-state index is -3.45. The van der Waals surface area contributed by atoms with Gasteiger partial charge in [-0.3, -0.25) is 0 Å². The molecule has 0 saturated heterocycles. The van der Waals surface area contributed by atoms with Crippen molar-refractivity contribution in [2.75, 3.05) is 6.61 Å². The molecule has 2 nitrogen and oxygen atoms in total. The fourth-order valence-electron chi connectivity index (χ4n) is 3.91. The summed E-state index contributed by atoms with van der Waals surface area (Å²) in [5.41, 5.74) is 1.19. The van der Waals surface area contributed by atoms with Gasteiger partial charge >= 0.3 is 203 Å². The molecule has 4 aromatic carbocycles. The third kappa shape index (κ3) is 4.90. The van der Waals surface area contributed by atoms with Crippen LogP contribution in [0.4, 0.5) is 0 Å². The van der Waals surface area contributed by atoms with Gasteiger partial charge in [-0.2, -0.15) is 0 Å². The normalized spacial score (nSPS) is 11.1. The van der Waals surface area contributed by atoms with E-state index in [9.17, 15) is 4.79 Å². The van der Waals surface area contributed by atoms with Gasteiger partial charge in [-0.15, -0.1) is 0 Å². The molecule has 0 fully saturated rings. The standard InChI is InChI=1S/C29H27AsO2S/c1-3-32-29(31)28(33-27-21-19-23(2)20-22-27)30(24-13-7-4-8-14-24,25-15-9-5-10-16-25)26-17-11-6-12-18-26/h4-22H,3H2,1-2H3. The van der Waals surface area contributed by atoms with Gasteiger partial charge in [0, 0.05) is 0 Å². The first-order valence-electron chi connectivity index (χ1n) is 11.0. The molecule has 0 aliphatic heterocycles. The molecular weight excluding hydrogens is 487 g/mol. The molecule has 0 radical (unpaired) electrons. The van der Waals surface area contributed by atoms with E-state index in [0.717, 1.165) is 8.53 Å². The Morgan fingerprint density at radius 3 is 1.52 bits per heavy atom. The maximum atomic E-state index is 13.7. The van der Waals surface area contributed by atoms with E-state index >= 15 is 0 Å². The van der Waals surface area contributed by atoms with E-state index in [1.54, 1.807) is 11.8 Å². The fourth-order valence-corrected chi connectivity index (χ4v) is 15.8. The summed E-state index contributed by atoms with van der Waals surface area (Å²) in [4.78, 5) is 14.8. The summed E-state index contributed by atoms with van der Waals surface area (Å²) in [7, 11) is 0. The molecule has 0 aliphatic carbocycles. The first-order valence-corrected chi connectivity index (χ1v) is 15.6. The molecule has 4 aromatic rings. The van der Waals surface area contributed by atoms with Gasteiger partial charge in [0.2, 0.25) is 0 Å². The Balaban J connectivity index is 2.17. The Labute approximate surface area is 202 Å². The van der Waals surface area contributed by atoms with Crippen LogP contribution in [-0.4, -0.2) is 29.3 Å². The molecule has 0 atom stereocenters. The average Bonchev–Trinajstić information content (AvgIpc) is 2.87. The number of rotatable bonds is 7. The first kappa shape index (κ1) is 23.3. The Hall–Kier alpha value is -2.87. The van der Waals surface area contributed by atoms with Crippen LogP contribution in [0.5, 0.6) is 0 Å².